The van der Waals surface area contributed by atoms with E-state index in [2.05, 4.69) is 5.32 Å². The smallest absolute Gasteiger partial charge is 0.256 e. The predicted octanol–water partition coefficient (Wildman–Crippen LogP) is 4.21. The lowest BCUT2D eigenvalue weighted by Gasteiger charge is -2.31. The summed E-state index contributed by atoms with van der Waals surface area (Å²) in [6.45, 7) is 4.37. The van der Waals surface area contributed by atoms with E-state index in [0.29, 0.717) is 12.8 Å². The third-order valence-electron chi connectivity index (χ3n) is 4.91. The third kappa shape index (κ3) is 4.18. The molecule has 0 radical (unpaired) electrons. The molecule has 3 rings (SSSR count). The first kappa shape index (κ1) is 19.9. The largest absolute Gasteiger partial charge is 0.339 e. The number of hydrogen-bond acceptors (Lipinski definition) is 2. The molecule has 0 spiro atoms. The molecule has 1 saturated heterocycles. The molecule has 4 nitrogen and oxygen atoms in total. The van der Waals surface area contributed by atoms with Crippen LogP contribution in [0.15, 0.2) is 30.3 Å². The molecule has 28 heavy (non-hydrogen) atoms. The van der Waals surface area contributed by atoms with Gasteiger partial charge in [-0.15, -0.1) is 0 Å². The summed E-state index contributed by atoms with van der Waals surface area (Å²) in [4.78, 5) is 26.3. The van der Waals surface area contributed by atoms with Gasteiger partial charge in [0.15, 0.2) is 17.5 Å². The van der Waals surface area contributed by atoms with Crippen LogP contribution >= 0.6 is 0 Å². The van der Waals surface area contributed by atoms with Crippen LogP contribution in [-0.4, -0.2) is 29.8 Å². The fourth-order valence-electron chi connectivity index (χ4n) is 3.50. The minimum absolute atomic E-state index is 0.129. The van der Waals surface area contributed by atoms with Crippen LogP contribution in [0.2, 0.25) is 0 Å². The molecule has 1 heterocycles. The van der Waals surface area contributed by atoms with Crippen LogP contribution in [0.1, 0.15) is 34.3 Å². The number of nitrogens with zero attached hydrogens (tertiary/aromatic N) is 1. The maximum absolute atomic E-state index is 13.9. The second-order valence-corrected chi connectivity index (χ2v) is 7.16. The fraction of sp³-hybridized carbons (Fsp3) is 0.333. The SMILES string of the molecule is Cc1cc(C)cc(NC(=O)C2CCN(C(=O)c3ccc(F)c(F)c3F)CC2)c1. The van der Waals surface area contributed by atoms with Crippen molar-refractivity contribution in [3.8, 4) is 0 Å². The number of benzene rings is 2. The first-order chi connectivity index (χ1) is 13.3. The molecule has 1 aliphatic rings. The molecule has 7 heteroatoms. The maximum atomic E-state index is 13.9. The summed E-state index contributed by atoms with van der Waals surface area (Å²) in [5.74, 6) is -5.59. The molecule has 2 aromatic carbocycles. The van der Waals surface area contributed by atoms with Gasteiger partial charge in [0.1, 0.15) is 0 Å². The first-order valence-electron chi connectivity index (χ1n) is 9.08. The topological polar surface area (TPSA) is 49.4 Å². The molecule has 0 bridgehead atoms. The monoisotopic (exact) mass is 390 g/mol. The number of piperidine rings is 1. The van der Waals surface area contributed by atoms with Crippen molar-refractivity contribution >= 4 is 17.5 Å². The third-order valence-corrected chi connectivity index (χ3v) is 4.91. The van der Waals surface area contributed by atoms with E-state index in [4.69, 9.17) is 0 Å². The van der Waals surface area contributed by atoms with Crippen molar-refractivity contribution in [2.75, 3.05) is 18.4 Å². The van der Waals surface area contributed by atoms with Gasteiger partial charge in [0.2, 0.25) is 5.91 Å². The van der Waals surface area contributed by atoms with Crippen LogP contribution in [0.25, 0.3) is 0 Å². The standard InChI is InChI=1S/C21H21F3N2O2/c1-12-9-13(2)11-15(10-12)25-20(27)14-5-7-26(8-6-14)21(28)16-3-4-17(22)19(24)18(16)23/h3-4,9-11,14H,5-8H2,1-2H3,(H,25,27). The number of carbonyl (C=O) groups excluding carboxylic acids is 2. The Morgan fingerprint density at radius 1 is 0.964 bits per heavy atom. The number of halogens is 3. The summed E-state index contributed by atoms with van der Waals surface area (Å²) < 4.78 is 40.3. The minimum atomic E-state index is -1.66. The van der Waals surface area contributed by atoms with Gasteiger partial charge in [-0.05, 0) is 62.1 Å². The van der Waals surface area contributed by atoms with Crippen LogP contribution in [0, 0.1) is 37.2 Å². The van der Waals surface area contributed by atoms with Crippen molar-refractivity contribution in [3.63, 3.8) is 0 Å². The molecule has 1 N–H and O–H groups in total. The molecule has 0 aromatic heterocycles. The van der Waals surface area contributed by atoms with Crippen LogP contribution < -0.4 is 5.32 Å². The summed E-state index contributed by atoms with van der Waals surface area (Å²) in [5.41, 5.74) is 2.32. The van der Waals surface area contributed by atoms with Crippen molar-refractivity contribution in [1.29, 1.82) is 0 Å². The van der Waals surface area contributed by atoms with Gasteiger partial charge in [0.25, 0.3) is 5.91 Å². The second-order valence-electron chi connectivity index (χ2n) is 7.16. The molecule has 2 aromatic rings. The highest BCUT2D eigenvalue weighted by atomic mass is 19.2. The molecule has 148 valence electrons. The van der Waals surface area contributed by atoms with Gasteiger partial charge in [-0.3, -0.25) is 9.59 Å². The Bertz CT molecular complexity index is 902. The number of amides is 2. The van der Waals surface area contributed by atoms with Crippen molar-refractivity contribution in [2.24, 2.45) is 5.92 Å². The van der Waals surface area contributed by atoms with Crippen molar-refractivity contribution < 1.29 is 22.8 Å². The van der Waals surface area contributed by atoms with Crippen molar-refractivity contribution in [3.05, 3.63) is 64.5 Å². The van der Waals surface area contributed by atoms with E-state index >= 15 is 0 Å². The average Bonchev–Trinajstić information content (AvgIpc) is 2.65. The Balaban J connectivity index is 1.61. The van der Waals surface area contributed by atoms with E-state index in [0.717, 1.165) is 28.9 Å². The summed E-state index contributed by atoms with van der Waals surface area (Å²) in [6, 6.07) is 7.45. The molecule has 0 atom stereocenters. The molecule has 0 unspecified atom stereocenters. The highest BCUT2D eigenvalue weighted by molar-refractivity contribution is 5.95. The van der Waals surface area contributed by atoms with E-state index in [-0.39, 0.29) is 24.9 Å². The van der Waals surface area contributed by atoms with Gasteiger partial charge in [0.05, 0.1) is 5.56 Å². The summed E-state index contributed by atoms with van der Waals surface area (Å²) in [5, 5.41) is 2.90. The molecule has 1 aliphatic heterocycles. The Morgan fingerprint density at radius 2 is 1.57 bits per heavy atom. The van der Waals surface area contributed by atoms with Crippen LogP contribution in [0.3, 0.4) is 0 Å². The van der Waals surface area contributed by atoms with E-state index < -0.39 is 28.9 Å². The van der Waals surface area contributed by atoms with Gasteiger partial charge in [-0.1, -0.05) is 6.07 Å². The number of hydrogen-bond donors (Lipinski definition) is 1. The van der Waals surface area contributed by atoms with Crippen LogP contribution in [0.4, 0.5) is 18.9 Å². The molecular formula is C21H21F3N2O2. The number of aryl methyl sites for hydroxylation is 2. The number of anilines is 1. The number of carbonyl (C=O) groups is 2. The molecule has 0 aliphatic carbocycles. The van der Waals surface area contributed by atoms with Gasteiger partial charge in [-0.2, -0.15) is 0 Å². The van der Waals surface area contributed by atoms with Gasteiger partial charge < -0.3 is 10.2 Å². The lowest BCUT2D eigenvalue weighted by Crippen LogP contribution is -2.41. The quantitative estimate of drug-likeness (QED) is 0.798. The predicted molar refractivity (Wildman–Crippen MR) is 99.5 cm³/mol. The zero-order chi connectivity index (χ0) is 20.4. The van der Waals surface area contributed by atoms with Gasteiger partial charge in [0, 0.05) is 24.7 Å². The van der Waals surface area contributed by atoms with Gasteiger partial charge >= 0.3 is 0 Å². The number of likely N-dealkylation sites (tertiary alicyclic amines) is 1. The summed E-state index contributed by atoms with van der Waals surface area (Å²) in [7, 11) is 0. The van der Waals surface area contributed by atoms with E-state index in [1.54, 1.807) is 0 Å². The summed E-state index contributed by atoms with van der Waals surface area (Å²) >= 11 is 0. The first-order valence-corrected chi connectivity index (χ1v) is 9.08. The lowest BCUT2D eigenvalue weighted by atomic mass is 9.95. The lowest BCUT2D eigenvalue weighted by molar-refractivity contribution is -0.121. The van der Waals surface area contributed by atoms with Crippen molar-refractivity contribution in [1.82, 2.24) is 4.90 Å². The van der Waals surface area contributed by atoms with Crippen molar-refractivity contribution in [2.45, 2.75) is 26.7 Å². The number of rotatable bonds is 3. The van der Waals surface area contributed by atoms with E-state index in [9.17, 15) is 22.8 Å². The van der Waals surface area contributed by atoms with E-state index in [1.807, 2.05) is 32.0 Å². The Morgan fingerprint density at radius 3 is 2.18 bits per heavy atom. The molecule has 2 amide bonds. The second kappa shape index (κ2) is 8.04. The zero-order valence-electron chi connectivity index (χ0n) is 15.7. The average molecular weight is 390 g/mol. The highest BCUT2D eigenvalue weighted by Crippen LogP contribution is 2.23. The Kier molecular flexibility index (Phi) is 5.72. The Labute approximate surface area is 161 Å². The molecule has 0 saturated carbocycles. The van der Waals surface area contributed by atoms with Gasteiger partial charge in [-0.25, -0.2) is 13.2 Å². The molecular weight excluding hydrogens is 369 g/mol. The van der Waals surface area contributed by atoms with Crippen LogP contribution in [-0.2, 0) is 4.79 Å². The fourth-order valence-corrected chi connectivity index (χ4v) is 3.50. The minimum Gasteiger partial charge on any atom is -0.339 e. The van der Waals surface area contributed by atoms with E-state index in [1.165, 1.54) is 4.90 Å². The number of nitrogens with one attached hydrogen (secondary N) is 1. The maximum Gasteiger partial charge on any atom is 0.256 e. The molecule has 1 fully saturated rings. The summed E-state index contributed by atoms with van der Waals surface area (Å²) in [6.07, 6.45) is 0.821. The highest BCUT2D eigenvalue weighted by Gasteiger charge is 2.30. The normalized spacial score (nSPS) is 14.8. The zero-order valence-corrected chi connectivity index (χ0v) is 15.7. The Hall–Kier alpha value is -2.83. The van der Waals surface area contributed by atoms with Crippen LogP contribution in [0.5, 0.6) is 0 Å².